The molecule has 6 N–H and O–H groups in total. The van der Waals surface area contributed by atoms with Gasteiger partial charge in [-0.25, -0.2) is 9.59 Å². The molecule has 0 aliphatic carbocycles. The SMILES string of the molecule is CCCC(CNC(=O)NCCNC(N)=O)C(=O)O. The zero-order valence-electron chi connectivity index (χ0n) is 10.4. The second kappa shape index (κ2) is 9.08. The van der Waals surface area contributed by atoms with E-state index in [0.717, 1.165) is 6.42 Å². The van der Waals surface area contributed by atoms with Crippen molar-refractivity contribution in [2.45, 2.75) is 19.8 Å². The number of hydrogen-bond acceptors (Lipinski definition) is 3. The minimum absolute atomic E-state index is 0.0816. The van der Waals surface area contributed by atoms with Gasteiger partial charge in [0.1, 0.15) is 0 Å². The predicted molar refractivity (Wildman–Crippen MR) is 65.0 cm³/mol. The Bertz CT molecular complexity index is 296. The van der Waals surface area contributed by atoms with Crippen LogP contribution in [0.2, 0.25) is 0 Å². The van der Waals surface area contributed by atoms with Crippen LogP contribution in [0.5, 0.6) is 0 Å². The number of carboxylic acid groups (broad SMARTS) is 1. The molecule has 1 unspecified atom stereocenters. The third kappa shape index (κ3) is 8.20. The second-order valence-electron chi connectivity index (χ2n) is 3.75. The summed E-state index contributed by atoms with van der Waals surface area (Å²) in [5, 5.41) is 16.1. The molecule has 8 nitrogen and oxygen atoms in total. The van der Waals surface area contributed by atoms with E-state index in [2.05, 4.69) is 16.0 Å². The third-order valence-electron chi connectivity index (χ3n) is 2.21. The average Bonchev–Trinajstić information content (AvgIpc) is 2.29. The monoisotopic (exact) mass is 260 g/mol. The van der Waals surface area contributed by atoms with Crippen molar-refractivity contribution >= 4 is 18.0 Å². The van der Waals surface area contributed by atoms with Gasteiger partial charge in [0.15, 0.2) is 0 Å². The van der Waals surface area contributed by atoms with E-state index in [-0.39, 0.29) is 19.6 Å². The number of urea groups is 2. The van der Waals surface area contributed by atoms with E-state index in [1.807, 2.05) is 6.92 Å². The maximum absolute atomic E-state index is 11.3. The van der Waals surface area contributed by atoms with Gasteiger partial charge in [0.25, 0.3) is 0 Å². The highest BCUT2D eigenvalue weighted by Crippen LogP contribution is 2.04. The Morgan fingerprint density at radius 1 is 1.17 bits per heavy atom. The van der Waals surface area contributed by atoms with E-state index in [1.54, 1.807) is 0 Å². The number of carboxylic acids is 1. The van der Waals surface area contributed by atoms with Crippen LogP contribution in [-0.4, -0.2) is 42.8 Å². The first-order valence-corrected chi connectivity index (χ1v) is 5.75. The molecule has 0 fully saturated rings. The summed E-state index contributed by atoms with van der Waals surface area (Å²) in [5.74, 6) is -1.50. The topological polar surface area (TPSA) is 134 Å². The van der Waals surface area contributed by atoms with Gasteiger partial charge in [-0.05, 0) is 6.42 Å². The zero-order valence-corrected chi connectivity index (χ0v) is 10.4. The van der Waals surface area contributed by atoms with Gasteiger partial charge in [0, 0.05) is 19.6 Å². The summed E-state index contributed by atoms with van der Waals surface area (Å²) in [4.78, 5) is 32.4. The van der Waals surface area contributed by atoms with Gasteiger partial charge < -0.3 is 26.8 Å². The summed E-state index contributed by atoms with van der Waals surface area (Å²) >= 11 is 0. The number of carbonyl (C=O) groups excluding carboxylic acids is 2. The lowest BCUT2D eigenvalue weighted by Crippen LogP contribution is -2.43. The molecule has 8 heteroatoms. The molecule has 1 atom stereocenters. The fraction of sp³-hybridized carbons (Fsp3) is 0.700. The molecular formula is C10H20N4O4. The van der Waals surface area contributed by atoms with Gasteiger partial charge >= 0.3 is 18.0 Å². The minimum Gasteiger partial charge on any atom is -0.481 e. The van der Waals surface area contributed by atoms with Crippen molar-refractivity contribution in [3.8, 4) is 0 Å². The Hall–Kier alpha value is -1.99. The minimum atomic E-state index is -0.924. The average molecular weight is 260 g/mol. The van der Waals surface area contributed by atoms with Crippen molar-refractivity contribution in [1.82, 2.24) is 16.0 Å². The lowest BCUT2D eigenvalue weighted by atomic mass is 10.0. The van der Waals surface area contributed by atoms with Crippen LogP contribution >= 0.6 is 0 Å². The fourth-order valence-corrected chi connectivity index (χ4v) is 1.30. The molecular weight excluding hydrogens is 240 g/mol. The van der Waals surface area contributed by atoms with E-state index in [1.165, 1.54) is 0 Å². The van der Waals surface area contributed by atoms with E-state index in [4.69, 9.17) is 10.8 Å². The first kappa shape index (κ1) is 16.0. The largest absolute Gasteiger partial charge is 0.481 e. The van der Waals surface area contributed by atoms with Gasteiger partial charge in [-0.3, -0.25) is 4.79 Å². The zero-order chi connectivity index (χ0) is 14.0. The van der Waals surface area contributed by atoms with Crippen LogP contribution in [0.15, 0.2) is 0 Å². The maximum atomic E-state index is 11.3. The quantitative estimate of drug-likeness (QED) is 0.374. The molecule has 0 heterocycles. The van der Waals surface area contributed by atoms with Crippen molar-refractivity contribution in [3.63, 3.8) is 0 Å². The van der Waals surface area contributed by atoms with E-state index >= 15 is 0 Å². The highest BCUT2D eigenvalue weighted by molar-refractivity contribution is 5.76. The number of rotatable bonds is 8. The lowest BCUT2D eigenvalue weighted by Gasteiger charge is -2.13. The first-order chi connectivity index (χ1) is 8.47. The molecule has 0 aliphatic rings. The number of primary amides is 1. The molecule has 4 amide bonds. The number of nitrogens with two attached hydrogens (primary N) is 1. The molecule has 104 valence electrons. The van der Waals surface area contributed by atoms with Crippen LogP contribution in [0.1, 0.15) is 19.8 Å². The van der Waals surface area contributed by atoms with Gasteiger partial charge in [-0.1, -0.05) is 13.3 Å². The number of aliphatic carboxylic acids is 1. The number of carbonyl (C=O) groups is 3. The van der Waals surface area contributed by atoms with Crippen molar-refractivity contribution in [2.75, 3.05) is 19.6 Å². The van der Waals surface area contributed by atoms with Crippen LogP contribution in [0.25, 0.3) is 0 Å². The Kier molecular flexibility index (Phi) is 8.08. The molecule has 0 bridgehead atoms. The van der Waals surface area contributed by atoms with Crippen molar-refractivity contribution in [1.29, 1.82) is 0 Å². The number of hydrogen-bond donors (Lipinski definition) is 5. The normalized spacial score (nSPS) is 11.4. The molecule has 0 saturated carbocycles. The van der Waals surface area contributed by atoms with Crippen molar-refractivity contribution in [3.05, 3.63) is 0 Å². The summed E-state index contributed by atoms with van der Waals surface area (Å²) in [6.45, 7) is 2.41. The van der Waals surface area contributed by atoms with Crippen LogP contribution < -0.4 is 21.7 Å². The summed E-state index contributed by atoms with van der Waals surface area (Å²) in [6.07, 6.45) is 1.25. The molecule has 0 rings (SSSR count). The van der Waals surface area contributed by atoms with E-state index in [9.17, 15) is 14.4 Å². The van der Waals surface area contributed by atoms with Gasteiger partial charge in [-0.2, -0.15) is 0 Å². The molecule has 0 aromatic carbocycles. The second-order valence-corrected chi connectivity index (χ2v) is 3.75. The highest BCUT2D eigenvalue weighted by atomic mass is 16.4. The predicted octanol–water partition coefficient (Wildman–Crippen LogP) is -0.545. The Morgan fingerprint density at radius 3 is 2.28 bits per heavy atom. The van der Waals surface area contributed by atoms with Gasteiger partial charge in [0.05, 0.1) is 5.92 Å². The van der Waals surface area contributed by atoms with E-state index < -0.39 is 23.9 Å². The molecule has 0 aliphatic heterocycles. The molecule has 0 aromatic heterocycles. The maximum Gasteiger partial charge on any atom is 0.314 e. The standard InChI is InChI=1S/C10H20N4O4/c1-2-3-7(8(15)16)6-14-10(18)13-5-4-12-9(11)17/h7H,2-6H2,1H3,(H,15,16)(H3,11,12,17)(H2,13,14,18). The molecule has 0 spiro atoms. The molecule has 0 aromatic rings. The number of nitrogens with one attached hydrogen (secondary N) is 3. The summed E-state index contributed by atoms with van der Waals surface area (Å²) in [7, 11) is 0. The van der Waals surface area contributed by atoms with Gasteiger partial charge in [0.2, 0.25) is 0 Å². The van der Waals surface area contributed by atoms with Crippen molar-refractivity contribution < 1.29 is 19.5 Å². The summed E-state index contributed by atoms with van der Waals surface area (Å²) in [5.41, 5.74) is 4.83. The molecule has 0 saturated heterocycles. The molecule has 0 radical (unpaired) electrons. The Balaban J connectivity index is 3.73. The van der Waals surface area contributed by atoms with Crippen molar-refractivity contribution in [2.24, 2.45) is 11.7 Å². The van der Waals surface area contributed by atoms with E-state index in [0.29, 0.717) is 6.42 Å². The van der Waals surface area contributed by atoms with Gasteiger partial charge in [-0.15, -0.1) is 0 Å². The lowest BCUT2D eigenvalue weighted by molar-refractivity contribution is -0.141. The van der Waals surface area contributed by atoms with Crippen LogP contribution in [0.4, 0.5) is 9.59 Å². The third-order valence-corrected chi connectivity index (χ3v) is 2.21. The van der Waals surface area contributed by atoms with Crippen LogP contribution in [0, 0.1) is 5.92 Å². The summed E-state index contributed by atoms with van der Waals surface area (Å²) in [6, 6.07) is -1.13. The molecule has 18 heavy (non-hydrogen) atoms. The highest BCUT2D eigenvalue weighted by Gasteiger charge is 2.16. The van der Waals surface area contributed by atoms with Crippen LogP contribution in [0.3, 0.4) is 0 Å². The Morgan fingerprint density at radius 2 is 1.78 bits per heavy atom. The number of amides is 4. The summed E-state index contributed by atoms with van der Waals surface area (Å²) < 4.78 is 0. The fourth-order valence-electron chi connectivity index (χ4n) is 1.30. The first-order valence-electron chi connectivity index (χ1n) is 5.75. The van der Waals surface area contributed by atoms with Crippen LogP contribution in [-0.2, 0) is 4.79 Å². The smallest absolute Gasteiger partial charge is 0.314 e. The Labute approximate surface area is 105 Å².